The fourth-order valence-electron chi connectivity index (χ4n) is 2.73. The number of aryl methyl sites for hydroxylation is 1. The minimum atomic E-state index is -0.777. The molecule has 0 fully saturated rings. The van der Waals surface area contributed by atoms with E-state index < -0.39 is 6.04 Å². The lowest BCUT2D eigenvalue weighted by molar-refractivity contribution is -0.118. The van der Waals surface area contributed by atoms with Crippen LogP contribution in [0.2, 0.25) is 5.02 Å². The fourth-order valence-corrected chi connectivity index (χ4v) is 2.90. The van der Waals surface area contributed by atoms with Crippen molar-refractivity contribution in [2.75, 3.05) is 10.6 Å². The van der Waals surface area contributed by atoms with Crippen LogP contribution in [0.1, 0.15) is 28.8 Å². The SMILES string of the molecule is Cc1ccc(Cl)cc1NC(=O)CC[C@@H]1NC(=O)c2ccccc2NC1=O. The highest BCUT2D eigenvalue weighted by Gasteiger charge is 2.27. The van der Waals surface area contributed by atoms with Gasteiger partial charge in [-0.3, -0.25) is 14.4 Å². The minimum absolute atomic E-state index is 0.0840. The molecule has 3 N–H and O–H groups in total. The summed E-state index contributed by atoms with van der Waals surface area (Å²) < 4.78 is 0. The van der Waals surface area contributed by atoms with Crippen LogP contribution < -0.4 is 16.0 Å². The Morgan fingerprint density at radius 1 is 1.19 bits per heavy atom. The number of carbonyl (C=O) groups is 3. The van der Waals surface area contributed by atoms with Crippen LogP contribution >= 0.6 is 11.6 Å². The van der Waals surface area contributed by atoms with Crippen molar-refractivity contribution in [2.24, 2.45) is 0 Å². The van der Waals surface area contributed by atoms with Gasteiger partial charge < -0.3 is 16.0 Å². The van der Waals surface area contributed by atoms with Crippen molar-refractivity contribution in [3.05, 3.63) is 58.6 Å². The van der Waals surface area contributed by atoms with Gasteiger partial charge in [-0.2, -0.15) is 0 Å². The van der Waals surface area contributed by atoms with E-state index in [0.29, 0.717) is 22.0 Å². The number of halogens is 1. The molecule has 2 aromatic carbocycles. The van der Waals surface area contributed by atoms with Gasteiger partial charge in [0.05, 0.1) is 11.3 Å². The summed E-state index contributed by atoms with van der Waals surface area (Å²) >= 11 is 5.94. The van der Waals surface area contributed by atoms with Crippen molar-refractivity contribution >= 4 is 40.7 Å². The van der Waals surface area contributed by atoms with E-state index >= 15 is 0 Å². The largest absolute Gasteiger partial charge is 0.340 e. The van der Waals surface area contributed by atoms with E-state index in [2.05, 4.69) is 16.0 Å². The zero-order valence-corrected chi connectivity index (χ0v) is 14.9. The number of anilines is 2. The van der Waals surface area contributed by atoms with Crippen molar-refractivity contribution < 1.29 is 14.4 Å². The van der Waals surface area contributed by atoms with Crippen molar-refractivity contribution in [3.8, 4) is 0 Å². The summed E-state index contributed by atoms with van der Waals surface area (Å²) in [5.74, 6) is -0.927. The maximum absolute atomic E-state index is 12.3. The molecule has 0 saturated heterocycles. The topological polar surface area (TPSA) is 87.3 Å². The fraction of sp³-hybridized carbons (Fsp3) is 0.211. The van der Waals surface area contributed by atoms with Crippen molar-refractivity contribution in [1.82, 2.24) is 5.32 Å². The Morgan fingerprint density at radius 2 is 1.96 bits per heavy atom. The zero-order valence-electron chi connectivity index (χ0n) is 14.1. The average Bonchev–Trinajstić information content (AvgIpc) is 2.73. The molecule has 0 saturated carbocycles. The highest BCUT2D eigenvalue weighted by Crippen LogP contribution is 2.21. The molecule has 2 aromatic rings. The van der Waals surface area contributed by atoms with E-state index in [-0.39, 0.29) is 30.6 Å². The van der Waals surface area contributed by atoms with Gasteiger partial charge in [-0.05, 0) is 43.2 Å². The first kappa shape index (κ1) is 17.9. The minimum Gasteiger partial charge on any atom is -0.340 e. The molecule has 0 unspecified atom stereocenters. The second-order valence-electron chi connectivity index (χ2n) is 6.11. The Bertz CT molecular complexity index is 882. The number of hydrogen-bond donors (Lipinski definition) is 3. The lowest BCUT2D eigenvalue weighted by Gasteiger charge is -2.15. The summed E-state index contributed by atoms with van der Waals surface area (Å²) in [5, 5.41) is 8.70. The van der Waals surface area contributed by atoms with Gasteiger partial charge >= 0.3 is 0 Å². The number of benzene rings is 2. The van der Waals surface area contributed by atoms with Gasteiger partial charge in [0.15, 0.2) is 0 Å². The summed E-state index contributed by atoms with van der Waals surface area (Å²) in [4.78, 5) is 36.8. The molecule has 1 aliphatic rings. The average molecular weight is 372 g/mol. The van der Waals surface area contributed by atoms with Crippen LogP contribution in [0.25, 0.3) is 0 Å². The number of fused-ring (bicyclic) bond motifs is 1. The van der Waals surface area contributed by atoms with E-state index in [1.807, 2.05) is 13.0 Å². The van der Waals surface area contributed by atoms with Crippen molar-refractivity contribution in [1.29, 1.82) is 0 Å². The van der Waals surface area contributed by atoms with Gasteiger partial charge in [0.2, 0.25) is 11.8 Å². The quantitative estimate of drug-likeness (QED) is 0.771. The van der Waals surface area contributed by atoms with Crippen LogP contribution in [0.5, 0.6) is 0 Å². The lowest BCUT2D eigenvalue weighted by Crippen LogP contribution is -2.41. The molecule has 1 atom stereocenters. The number of rotatable bonds is 4. The predicted molar refractivity (Wildman–Crippen MR) is 100 cm³/mol. The standard InChI is InChI=1S/C19H18ClN3O3/c1-11-6-7-12(20)10-16(11)21-17(24)9-8-15-19(26)22-14-5-3-2-4-13(14)18(25)23-15/h2-7,10,15H,8-9H2,1H3,(H,21,24)(H,22,26)(H,23,25)/t15-/m0/s1. The predicted octanol–water partition coefficient (Wildman–Crippen LogP) is 3.12. The second kappa shape index (κ2) is 7.58. The molecule has 0 aliphatic carbocycles. The van der Waals surface area contributed by atoms with Gasteiger partial charge in [0.1, 0.15) is 6.04 Å². The van der Waals surface area contributed by atoms with Crippen LogP contribution in [0.15, 0.2) is 42.5 Å². The Morgan fingerprint density at radius 3 is 2.77 bits per heavy atom. The molecule has 0 aromatic heterocycles. The Kier molecular flexibility index (Phi) is 5.23. The van der Waals surface area contributed by atoms with Crippen LogP contribution in [-0.4, -0.2) is 23.8 Å². The lowest BCUT2D eigenvalue weighted by atomic mass is 10.1. The van der Waals surface area contributed by atoms with Gasteiger partial charge in [-0.15, -0.1) is 0 Å². The summed E-state index contributed by atoms with van der Waals surface area (Å²) in [7, 11) is 0. The maximum Gasteiger partial charge on any atom is 0.254 e. The number of carbonyl (C=O) groups excluding carboxylic acids is 3. The molecule has 0 bridgehead atoms. The third-order valence-corrected chi connectivity index (χ3v) is 4.42. The Hall–Kier alpha value is -2.86. The first-order valence-electron chi connectivity index (χ1n) is 8.21. The maximum atomic E-state index is 12.3. The molecule has 26 heavy (non-hydrogen) atoms. The first-order chi connectivity index (χ1) is 12.4. The van der Waals surface area contributed by atoms with E-state index in [1.54, 1.807) is 36.4 Å². The summed E-state index contributed by atoms with van der Waals surface area (Å²) in [6.07, 6.45) is 0.275. The molecule has 1 heterocycles. The highest BCUT2D eigenvalue weighted by molar-refractivity contribution is 6.31. The number of hydrogen-bond acceptors (Lipinski definition) is 3. The van der Waals surface area contributed by atoms with Gasteiger partial charge in [0, 0.05) is 17.1 Å². The Balaban J connectivity index is 1.62. The molecular formula is C19H18ClN3O3. The number of nitrogens with one attached hydrogen (secondary N) is 3. The number of amides is 3. The van der Waals surface area contributed by atoms with Gasteiger partial charge in [-0.25, -0.2) is 0 Å². The first-order valence-corrected chi connectivity index (χ1v) is 8.58. The second-order valence-corrected chi connectivity index (χ2v) is 6.54. The molecule has 1 aliphatic heterocycles. The monoisotopic (exact) mass is 371 g/mol. The molecule has 0 spiro atoms. The molecule has 3 amide bonds. The zero-order chi connectivity index (χ0) is 18.7. The Labute approximate surface area is 155 Å². The molecule has 6 nitrogen and oxygen atoms in total. The smallest absolute Gasteiger partial charge is 0.254 e. The van der Waals surface area contributed by atoms with Crippen LogP contribution in [-0.2, 0) is 9.59 Å². The van der Waals surface area contributed by atoms with Crippen molar-refractivity contribution in [3.63, 3.8) is 0 Å². The van der Waals surface area contributed by atoms with Crippen LogP contribution in [0, 0.1) is 6.92 Å². The summed E-state index contributed by atoms with van der Waals surface area (Å²) in [6.45, 7) is 1.86. The molecule has 7 heteroatoms. The number of para-hydroxylation sites is 1. The summed E-state index contributed by atoms with van der Waals surface area (Å²) in [6, 6.07) is 11.2. The third-order valence-electron chi connectivity index (χ3n) is 4.19. The highest BCUT2D eigenvalue weighted by atomic mass is 35.5. The van der Waals surface area contributed by atoms with E-state index in [0.717, 1.165) is 5.56 Å². The third kappa shape index (κ3) is 4.03. The van der Waals surface area contributed by atoms with Gasteiger partial charge in [0.25, 0.3) is 5.91 Å². The molecular weight excluding hydrogens is 354 g/mol. The molecule has 0 radical (unpaired) electrons. The van der Waals surface area contributed by atoms with Crippen LogP contribution in [0.3, 0.4) is 0 Å². The van der Waals surface area contributed by atoms with Crippen molar-refractivity contribution in [2.45, 2.75) is 25.8 Å². The van der Waals surface area contributed by atoms with Gasteiger partial charge in [-0.1, -0.05) is 29.8 Å². The normalized spacial score (nSPS) is 16.2. The van der Waals surface area contributed by atoms with E-state index in [9.17, 15) is 14.4 Å². The van der Waals surface area contributed by atoms with E-state index in [4.69, 9.17) is 11.6 Å². The molecule has 3 rings (SSSR count). The van der Waals surface area contributed by atoms with E-state index in [1.165, 1.54) is 0 Å². The van der Waals surface area contributed by atoms with Crippen LogP contribution in [0.4, 0.5) is 11.4 Å². The summed E-state index contributed by atoms with van der Waals surface area (Å²) in [5.41, 5.74) is 2.39. The molecule has 134 valence electrons.